The molecule has 54 heavy (non-hydrogen) atoms. The first kappa shape index (κ1) is 32.0. The Kier molecular flexibility index (Phi) is 7.58. The highest BCUT2D eigenvalue weighted by Gasteiger charge is 2.43. The fraction of sp³-hybridized carbons (Fsp3) is 0.100. The molecule has 0 bridgehead atoms. The fourth-order valence-electron chi connectivity index (χ4n) is 8.62. The Labute approximate surface area is 314 Å². The third-order valence-electron chi connectivity index (χ3n) is 11.4. The van der Waals surface area contributed by atoms with Gasteiger partial charge in [0.15, 0.2) is 17.5 Å². The van der Waals surface area contributed by atoms with Gasteiger partial charge >= 0.3 is 0 Å². The zero-order chi connectivity index (χ0) is 36.2. The summed E-state index contributed by atoms with van der Waals surface area (Å²) in [6, 6.07) is 57.5. The Morgan fingerprint density at radius 2 is 0.889 bits per heavy atom. The fourth-order valence-corrected chi connectivity index (χ4v) is 8.62. The summed E-state index contributed by atoms with van der Waals surface area (Å²) in [6.45, 7) is 4.63. The monoisotopic (exact) mass is 695 g/mol. The first-order chi connectivity index (χ1) is 26.6. The summed E-state index contributed by atoms with van der Waals surface area (Å²) in [7, 11) is 0. The van der Waals surface area contributed by atoms with Crippen LogP contribution >= 0.6 is 0 Å². The van der Waals surface area contributed by atoms with Gasteiger partial charge in [0.2, 0.25) is 0 Å². The molecule has 4 heteroatoms. The van der Waals surface area contributed by atoms with E-state index in [9.17, 15) is 0 Å². The van der Waals surface area contributed by atoms with Crippen molar-refractivity contribution >= 4 is 21.9 Å². The van der Waals surface area contributed by atoms with Crippen LogP contribution in [0.2, 0.25) is 0 Å². The largest absolute Gasteiger partial charge is 0.456 e. The SMILES string of the molecule is CCC1(CC)c2cc(-c3nc(-c4ccc(-c5ccccc5)cc4)nc(-c4ccc(-c5ccccc5)cc4)n3)ccc2-c2ccc3oc4ccccc4c3c21. The Balaban J connectivity index is 1.12. The molecule has 0 saturated carbocycles. The molecule has 4 nitrogen and oxygen atoms in total. The van der Waals surface area contributed by atoms with Crippen LogP contribution < -0.4 is 0 Å². The standard InChI is InChI=1S/C50H37N3O/c1-3-50(4-2)42-31-38(27-28-39(42)40-29-30-44-45(46(40)50)41-17-11-12-18-43(41)54-44)49-52-47(36-23-19-34(20-24-36)32-13-7-5-8-14-32)51-48(53-49)37-25-21-35(22-26-37)33-15-9-6-10-16-33/h5-31H,3-4H2,1-2H3. The Morgan fingerprint density at radius 1 is 0.426 bits per heavy atom. The lowest BCUT2D eigenvalue weighted by Crippen LogP contribution is -2.23. The maximum absolute atomic E-state index is 6.40. The minimum Gasteiger partial charge on any atom is -0.456 e. The van der Waals surface area contributed by atoms with Crippen molar-refractivity contribution in [1.82, 2.24) is 15.0 Å². The lowest BCUT2D eigenvalue weighted by Gasteiger charge is -2.30. The molecular weight excluding hydrogens is 659 g/mol. The molecule has 2 heterocycles. The number of aromatic nitrogens is 3. The predicted octanol–water partition coefficient (Wildman–Crippen LogP) is 13.2. The lowest BCUT2D eigenvalue weighted by atomic mass is 9.72. The quantitative estimate of drug-likeness (QED) is 0.167. The van der Waals surface area contributed by atoms with Gasteiger partial charge in [-0.2, -0.15) is 0 Å². The van der Waals surface area contributed by atoms with E-state index >= 15 is 0 Å². The second kappa shape index (κ2) is 12.8. The van der Waals surface area contributed by atoms with Crippen LogP contribution in [-0.2, 0) is 5.41 Å². The van der Waals surface area contributed by atoms with Gasteiger partial charge in [-0.25, -0.2) is 15.0 Å². The first-order valence-corrected chi connectivity index (χ1v) is 18.8. The van der Waals surface area contributed by atoms with Crippen LogP contribution in [0.5, 0.6) is 0 Å². The molecule has 0 atom stereocenters. The van der Waals surface area contributed by atoms with E-state index in [4.69, 9.17) is 19.4 Å². The molecule has 0 amide bonds. The minimum atomic E-state index is -0.188. The highest BCUT2D eigenvalue weighted by Crippen LogP contribution is 2.56. The number of benzene rings is 7. The van der Waals surface area contributed by atoms with Crippen molar-refractivity contribution in [2.75, 3.05) is 0 Å². The molecule has 0 N–H and O–H groups in total. The van der Waals surface area contributed by atoms with E-state index in [0.717, 1.165) is 51.8 Å². The van der Waals surface area contributed by atoms with Gasteiger partial charge in [0.25, 0.3) is 0 Å². The molecule has 0 saturated heterocycles. The molecule has 258 valence electrons. The van der Waals surface area contributed by atoms with Crippen LogP contribution in [0.1, 0.15) is 37.8 Å². The maximum Gasteiger partial charge on any atom is 0.164 e. The van der Waals surface area contributed by atoms with Gasteiger partial charge in [-0.1, -0.05) is 159 Å². The van der Waals surface area contributed by atoms with Gasteiger partial charge in [0, 0.05) is 32.9 Å². The summed E-state index contributed by atoms with van der Waals surface area (Å²) in [6.07, 6.45) is 1.92. The Hall–Kier alpha value is -6.65. The van der Waals surface area contributed by atoms with Crippen molar-refractivity contribution in [1.29, 1.82) is 0 Å². The zero-order valence-electron chi connectivity index (χ0n) is 30.3. The zero-order valence-corrected chi connectivity index (χ0v) is 30.3. The number of rotatable bonds is 7. The smallest absolute Gasteiger partial charge is 0.164 e. The summed E-state index contributed by atoms with van der Waals surface area (Å²) in [5.74, 6) is 1.96. The van der Waals surface area contributed by atoms with E-state index in [0.29, 0.717) is 17.5 Å². The van der Waals surface area contributed by atoms with Crippen LogP contribution in [0.25, 0.3) is 89.5 Å². The highest BCUT2D eigenvalue weighted by atomic mass is 16.3. The number of hydrogen-bond donors (Lipinski definition) is 0. The summed E-state index contributed by atoms with van der Waals surface area (Å²) < 4.78 is 6.40. The van der Waals surface area contributed by atoms with Crippen molar-refractivity contribution in [2.45, 2.75) is 32.1 Å². The first-order valence-electron chi connectivity index (χ1n) is 18.8. The van der Waals surface area contributed by atoms with E-state index in [-0.39, 0.29) is 5.41 Å². The minimum absolute atomic E-state index is 0.188. The summed E-state index contributed by atoms with van der Waals surface area (Å²) in [4.78, 5) is 15.5. The number of nitrogens with zero attached hydrogens (tertiary/aromatic N) is 3. The third kappa shape index (κ3) is 5.09. The number of furan rings is 1. The lowest BCUT2D eigenvalue weighted by molar-refractivity contribution is 0.494. The summed E-state index contributed by atoms with van der Waals surface area (Å²) in [5.41, 5.74) is 14.5. The molecule has 0 aliphatic heterocycles. The van der Waals surface area contributed by atoms with Gasteiger partial charge in [-0.3, -0.25) is 0 Å². The molecule has 0 unspecified atom stereocenters. The maximum atomic E-state index is 6.40. The molecular formula is C50H37N3O. The van der Waals surface area contributed by atoms with Crippen LogP contribution in [0.3, 0.4) is 0 Å². The highest BCUT2D eigenvalue weighted by molar-refractivity contribution is 6.11. The molecule has 0 fully saturated rings. The third-order valence-corrected chi connectivity index (χ3v) is 11.4. The van der Waals surface area contributed by atoms with Gasteiger partial charge in [0.1, 0.15) is 11.2 Å². The normalized spacial score (nSPS) is 12.9. The molecule has 0 spiro atoms. The topological polar surface area (TPSA) is 51.8 Å². The Morgan fingerprint density at radius 3 is 1.46 bits per heavy atom. The van der Waals surface area contributed by atoms with Gasteiger partial charge < -0.3 is 4.42 Å². The second-order valence-electron chi connectivity index (χ2n) is 14.2. The van der Waals surface area contributed by atoms with Crippen molar-refractivity contribution in [3.05, 3.63) is 175 Å². The van der Waals surface area contributed by atoms with Crippen LogP contribution in [-0.4, -0.2) is 15.0 Å². The summed E-state index contributed by atoms with van der Waals surface area (Å²) >= 11 is 0. The van der Waals surface area contributed by atoms with Crippen LogP contribution in [0, 0.1) is 0 Å². The number of hydrogen-bond acceptors (Lipinski definition) is 4. The van der Waals surface area contributed by atoms with E-state index in [1.165, 1.54) is 44.2 Å². The van der Waals surface area contributed by atoms with Crippen molar-refractivity contribution in [3.8, 4) is 67.5 Å². The van der Waals surface area contributed by atoms with E-state index < -0.39 is 0 Å². The molecule has 1 aliphatic carbocycles. The molecule has 7 aromatic carbocycles. The van der Waals surface area contributed by atoms with Crippen molar-refractivity contribution < 1.29 is 4.42 Å². The van der Waals surface area contributed by atoms with Crippen molar-refractivity contribution in [2.24, 2.45) is 0 Å². The molecule has 0 radical (unpaired) electrons. The van der Waals surface area contributed by atoms with Crippen LogP contribution in [0.4, 0.5) is 0 Å². The number of fused-ring (bicyclic) bond motifs is 7. The van der Waals surface area contributed by atoms with E-state index in [1.54, 1.807) is 0 Å². The van der Waals surface area contributed by atoms with Crippen LogP contribution in [0.15, 0.2) is 168 Å². The van der Waals surface area contributed by atoms with Gasteiger partial charge in [-0.05, 0) is 75.5 Å². The summed E-state index contributed by atoms with van der Waals surface area (Å²) in [5, 5.41) is 2.40. The van der Waals surface area contributed by atoms with Crippen molar-refractivity contribution in [3.63, 3.8) is 0 Å². The van der Waals surface area contributed by atoms with Gasteiger partial charge in [0.05, 0.1) is 0 Å². The van der Waals surface area contributed by atoms with Gasteiger partial charge in [-0.15, -0.1) is 0 Å². The molecule has 2 aromatic heterocycles. The predicted molar refractivity (Wildman–Crippen MR) is 221 cm³/mol. The van der Waals surface area contributed by atoms with E-state index in [1.807, 2.05) is 18.2 Å². The Bertz CT molecular complexity index is 2720. The van der Waals surface area contributed by atoms with E-state index in [2.05, 4.69) is 159 Å². The molecule has 10 rings (SSSR count). The average Bonchev–Trinajstić information content (AvgIpc) is 3.77. The second-order valence-corrected chi connectivity index (χ2v) is 14.2. The molecule has 1 aliphatic rings. The number of para-hydroxylation sites is 1. The average molecular weight is 696 g/mol. The molecule has 9 aromatic rings.